The maximum Gasteiger partial charge on any atom is 0.0101 e. The van der Waals surface area contributed by atoms with Gasteiger partial charge < -0.3 is 5.73 Å². The lowest BCUT2D eigenvalue weighted by molar-refractivity contribution is -0.0588. The lowest BCUT2D eigenvalue weighted by Gasteiger charge is -2.57. The van der Waals surface area contributed by atoms with Gasteiger partial charge in [-0.3, -0.25) is 0 Å². The molecule has 5 aliphatic rings. The lowest BCUT2D eigenvalue weighted by Crippen LogP contribution is -2.54. The molecule has 0 radical (unpaired) electrons. The van der Waals surface area contributed by atoms with Gasteiger partial charge in [0.25, 0.3) is 0 Å². The molecule has 4 bridgehead atoms. The molecule has 1 heteroatoms. The van der Waals surface area contributed by atoms with Crippen LogP contribution in [0, 0.1) is 47.3 Å². The molecule has 0 heterocycles. The van der Waals surface area contributed by atoms with Gasteiger partial charge in [-0.05, 0) is 92.3 Å². The molecular formula is C19H33N. The normalized spacial score (nSPS) is 56.0. The summed E-state index contributed by atoms with van der Waals surface area (Å²) in [6, 6.07) is 0.528. The van der Waals surface area contributed by atoms with E-state index in [2.05, 4.69) is 13.8 Å². The summed E-state index contributed by atoms with van der Waals surface area (Å²) in [6.07, 6.45) is 11.9. The summed E-state index contributed by atoms with van der Waals surface area (Å²) < 4.78 is 0. The number of hydrogen-bond acceptors (Lipinski definition) is 1. The number of rotatable bonds is 2. The van der Waals surface area contributed by atoms with Crippen molar-refractivity contribution in [2.24, 2.45) is 53.1 Å². The van der Waals surface area contributed by atoms with Crippen molar-refractivity contribution in [1.29, 1.82) is 0 Å². The molecule has 5 aliphatic carbocycles. The first kappa shape index (κ1) is 13.6. The van der Waals surface area contributed by atoms with Gasteiger partial charge in [0.15, 0.2) is 0 Å². The quantitative estimate of drug-likeness (QED) is 0.791. The largest absolute Gasteiger partial charge is 0.327 e. The van der Waals surface area contributed by atoms with Gasteiger partial charge in [0, 0.05) is 6.04 Å². The van der Waals surface area contributed by atoms with E-state index in [1.165, 1.54) is 44.9 Å². The Morgan fingerprint density at radius 2 is 1.35 bits per heavy atom. The maximum absolute atomic E-state index is 6.88. The Bertz CT molecular complexity index is 335. The van der Waals surface area contributed by atoms with Gasteiger partial charge >= 0.3 is 0 Å². The molecule has 0 aromatic heterocycles. The predicted molar refractivity (Wildman–Crippen MR) is 84.2 cm³/mol. The molecule has 0 saturated heterocycles. The van der Waals surface area contributed by atoms with Crippen LogP contribution in [0.5, 0.6) is 0 Å². The summed E-state index contributed by atoms with van der Waals surface area (Å²) in [7, 11) is 0. The van der Waals surface area contributed by atoms with Gasteiger partial charge in [-0.15, -0.1) is 0 Å². The van der Waals surface area contributed by atoms with Crippen molar-refractivity contribution < 1.29 is 0 Å². The molecule has 0 aromatic carbocycles. The molecule has 5 fully saturated rings. The third-order valence-corrected chi connectivity index (χ3v) is 7.93. The van der Waals surface area contributed by atoms with Crippen LogP contribution >= 0.6 is 0 Å². The van der Waals surface area contributed by atoms with Gasteiger partial charge in [0.2, 0.25) is 0 Å². The monoisotopic (exact) mass is 275 g/mol. The van der Waals surface area contributed by atoms with E-state index >= 15 is 0 Å². The van der Waals surface area contributed by atoms with E-state index in [1.54, 1.807) is 6.42 Å². The fourth-order valence-corrected chi connectivity index (χ4v) is 6.85. The molecule has 20 heavy (non-hydrogen) atoms. The molecule has 4 unspecified atom stereocenters. The highest BCUT2D eigenvalue weighted by Gasteiger charge is 2.51. The predicted octanol–water partition coefficient (Wildman–Crippen LogP) is 4.46. The Kier molecular flexibility index (Phi) is 3.41. The first-order valence-corrected chi connectivity index (χ1v) is 9.37. The molecule has 5 saturated carbocycles. The van der Waals surface area contributed by atoms with Crippen molar-refractivity contribution in [1.82, 2.24) is 0 Å². The van der Waals surface area contributed by atoms with E-state index in [1.807, 2.05) is 0 Å². The zero-order valence-corrected chi connectivity index (χ0v) is 13.4. The highest BCUT2D eigenvalue weighted by molar-refractivity contribution is 5.02. The minimum atomic E-state index is 0.528. The Morgan fingerprint density at radius 1 is 0.750 bits per heavy atom. The average Bonchev–Trinajstić information content (AvgIpc) is 2.40. The summed E-state index contributed by atoms with van der Waals surface area (Å²) in [5.74, 6) is 7.76. The van der Waals surface area contributed by atoms with E-state index in [4.69, 9.17) is 5.73 Å². The Morgan fingerprint density at radius 3 is 1.90 bits per heavy atom. The van der Waals surface area contributed by atoms with Crippen LogP contribution in [0.1, 0.15) is 65.2 Å². The molecule has 4 atom stereocenters. The molecule has 0 aliphatic heterocycles. The Balaban J connectivity index is 1.47. The fourth-order valence-electron chi connectivity index (χ4n) is 6.85. The summed E-state index contributed by atoms with van der Waals surface area (Å²) in [5, 5.41) is 0. The minimum absolute atomic E-state index is 0.528. The van der Waals surface area contributed by atoms with E-state index < -0.39 is 0 Å². The van der Waals surface area contributed by atoms with Gasteiger partial charge in [-0.1, -0.05) is 20.3 Å². The molecule has 114 valence electrons. The van der Waals surface area contributed by atoms with Gasteiger partial charge in [-0.2, -0.15) is 0 Å². The number of nitrogens with two attached hydrogens (primary N) is 1. The van der Waals surface area contributed by atoms with Crippen LogP contribution in [0.2, 0.25) is 0 Å². The molecule has 5 rings (SSSR count). The summed E-state index contributed by atoms with van der Waals surface area (Å²) >= 11 is 0. The molecule has 2 N–H and O–H groups in total. The van der Waals surface area contributed by atoms with Crippen LogP contribution in [-0.4, -0.2) is 6.04 Å². The minimum Gasteiger partial charge on any atom is -0.327 e. The topological polar surface area (TPSA) is 26.0 Å². The smallest absolute Gasteiger partial charge is 0.0101 e. The standard InChI is InChI=1S/C19H33N/c1-11-3-4-15(5-12(11)2)19(20)18-16-7-13-6-14(9-16)10-17(18)8-13/h11-19H,3-10,20H2,1-2H3. The van der Waals surface area contributed by atoms with E-state index in [9.17, 15) is 0 Å². The maximum atomic E-state index is 6.88. The van der Waals surface area contributed by atoms with Crippen molar-refractivity contribution in [2.45, 2.75) is 71.3 Å². The molecule has 1 nitrogen and oxygen atoms in total. The van der Waals surface area contributed by atoms with Crippen molar-refractivity contribution in [3.8, 4) is 0 Å². The fraction of sp³-hybridized carbons (Fsp3) is 1.00. The van der Waals surface area contributed by atoms with Gasteiger partial charge in [-0.25, -0.2) is 0 Å². The Hall–Kier alpha value is -0.0400. The lowest BCUT2D eigenvalue weighted by atomic mass is 9.49. The molecule has 0 amide bonds. The third kappa shape index (κ3) is 2.16. The van der Waals surface area contributed by atoms with E-state index in [0.717, 1.165) is 47.3 Å². The van der Waals surface area contributed by atoms with E-state index in [-0.39, 0.29) is 0 Å². The summed E-state index contributed by atoms with van der Waals surface area (Å²) in [4.78, 5) is 0. The summed E-state index contributed by atoms with van der Waals surface area (Å²) in [5.41, 5.74) is 6.88. The molecule has 0 aromatic rings. The van der Waals surface area contributed by atoms with E-state index in [0.29, 0.717) is 6.04 Å². The third-order valence-electron chi connectivity index (χ3n) is 7.93. The van der Waals surface area contributed by atoms with Gasteiger partial charge in [0.05, 0.1) is 0 Å². The van der Waals surface area contributed by atoms with Crippen molar-refractivity contribution in [3.05, 3.63) is 0 Å². The number of hydrogen-bond donors (Lipinski definition) is 1. The van der Waals surface area contributed by atoms with Crippen LogP contribution in [0.25, 0.3) is 0 Å². The highest BCUT2D eigenvalue weighted by atomic mass is 14.7. The average molecular weight is 275 g/mol. The Labute approximate surface area is 125 Å². The molecule has 0 spiro atoms. The highest BCUT2D eigenvalue weighted by Crippen LogP contribution is 2.58. The zero-order valence-electron chi connectivity index (χ0n) is 13.4. The van der Waals surface area contributed by atoms with Crippen molar-refractivity contribution in [2.75, 3.05) is 0 Å². The van der Waals surface area contributed by atoms with Crippen LogP contribution in [0.4, 0.5) is 0 Å². The van der Waals surface area contributed by atoms with Crippen LogP contribution < -0.4 is 5.73 Å². The summed E-state index contributed by atoms with van der Waals surface area (Å²) in [6.45, 7) is 4.90. The van der Waals surface area contributed by atoms with Crippen LogP contribution in [0.15, 0.2) is 0 Å². The van der Waals surface area contributed by atoms with Crippen molar-refractivity contribution >= 4 is 0 Å². The van der Waals surface area contributed by atoms with Crippen molar-refractivity contribution in [3.63, 3.8) is 0 Å². The first-order chi connectivity index (χ1) is 9.61. The second-order valence-electron chi connectivity index (χ2n) is 9.11. The second kappa shape index (κ2) is 5.00. The first-order valence-electron chi connectivity index (χ1n) is 9.37. The van der Waals surface area contributed by atoms with Gasteiger partial charge in [0.1, 0.15) is 0 Å². The SMILES string of the molecule is CC1CCC(C(N)C2C3CC4CC(C3)CC2C4)CC1C. The van der Waals surface area contributed by atoms with Crippen LogP contribution in [0.3, 0.4) is 0 Å². The second-order valence-corrected chi connectivity index (χ2v) is 9.11. The van der Waals surface area contributed by atoms with Crippen LogP contribution in [-0.2, 0) is 0 Å². The molecular weight excluding hydrogens is 242 g/mol. The zero-order chi connectivity index (χ0) is 13.9.